The van der Waals surface area contributed by atoms with Crippen molar-refractivity contribution in [3.63, 3.8) is 0 Å². The molecule has 0 bridgehead atoms. The van der Waals surface area contributed by atoms with Crippen LogP contribution in [0.4, 0.5) is 0 Å². The molecule has 1 aromatic carbocycles. The Bertz CT molecular complexity index is 484. The number of ether oxygens (including phenoxy) is 2. The monoisotopic (exact) mass is 291 g/mol. The summed E-state index contributed by atoms with van der Waals surface area (Å²) in [6.45, 7) is 5.85. The predicted molar refractivity (Wildman–Crippen MR) is 83.5 cm³/mol. The van der Waals surface area contributed by atoms with Gasteiger partial charge in [0, 0.05) is 18.0 Å². The zero-order chi connectivity index (χ0) is 14.0. The summed E-state index contributed by atoms with van der Waals surface area (Å²) in [6, 6.07) is 12.0. The summed E-state index contributed by atoms with van der Waals surface area (Å²) in [4.78, 5) is 1.40. The van der Waals surface area contributed by atoms with Crippen LogP contribution in [0.5, 0.6) is 5.75 Å². The van der Waals surface area contributed by atoms with Crippen molar-refractivity contribution in [2.45, 2.75) is 13.5 Å². The van der Waals surface area contributed by atoms with Gasteiger partial charge in [-0.3, -0.25) is 0 Å². The molecule has 0 fully saturated rings. The first-order chi connectivity index (χ1) is 9.86. The van der Waals surface area contributed by atoms with Gasteiger partial charge in [-0.15, -0.1) is 11.3 Å². The second kappa shape index (κ2) is 8.74. The molecule has 0 spiro atoms. The second-order valence-electron chi connectivity index (χ2n) is 4.48. The molecule has 0 aliphatic heterocycles. The van der Waals surface area contributed by atoms with Crippen molar-refractivity contribution in [3.8, 4) is 5.75 Å². The lowest BCUT2D eigenvalue weighted by Crippen LogP contribution is -2.20. The van der Waals surface area contributed by atoms with Crippen molar-refractivity contribution >= 4 is 11.3 Å². The molecule has 0 radical (unpaired) electrons. The standard InChI is InChI=1S/C16H21NO2S/c1-14-7-12-20-16(14)13-17-8-9-18-10-11-19-15-5-3-2-4-6-15/h2-7,12,17H,8-11,13H2,1H3. The van der Waals surface area contributed by atoms with Gasteiger partial charge in [-0.2, -0.15) is 0 Å². The van der Waals surface area contributed by atoms with Crippen LogP contribution in [-0.4, -0.2) is 26.4 Å². The van der Waals surface area contributed by atoms with Crippen LogP contribution in [0, 0.1) is 6.92 Å². The van der Waals surface area contributed by atoms with Crippen LogP contribution in [-0.2, 0) is 11.3 Å². The minimum Gasteiger partial charge on any atom is -0.491 e. The van der Waals surface area contributed by atoms with Gasteiger partial charge in [0.05, 0.1) is 13.2 Å². The van der Waals surface area contributed by atoms with Gasteiger partial charge in [-0.05, 0) is 36.1 Å². The van der Waals surface area contributed by atoms with Crippen molar-refractivity contribution in [1.29, 1.82) is 0 Å². The molecule has 2 aromatic rings. The molecular formula is C16H21NO2S. The normalized spacial score (nSPS) is 10.7. The first-order valence-electron chi connectivity index (χ1n) is 6.85. The van der Waals surface area contributed by atoms with Gasteiger partial charge >= 0.3 is 0 Å². The molecule has 20 heavy (non-hydrogen) atoms. The molecule has 4 heteroatoms. The molecule has 0 saturated carbocycles. The van der Waals surface area contributed by atoms with Gasteiger partial charge in [0.15, 0.2) is 0 Å². The number of aryl methyl sites for hydroxylation is 1. The smallest absolute Gasteiger partial charge is 0.119 e. The average molecular weight is 291 g/mol. The van der Waals surface area contributed by atoms with E-state index in [0.717, 1.165) is 18.8 Å². The first-order valence-corrected chi connectivity index (χ1v) is 7.73. The van der Waals surface area contributed by atoms with E-state index in [9.17, 15) is 0 Å². The highest BCUT2D eigenvalue weighted by Gasteiger charge is 1.98. The van der Waals surface area contributed by atoms with Crippen LogP contribution in [0.3, 0.4) is 0 Å². The van der Waals surface area contributed by atoms with E-state index in [1.54, 1.807) is 11.3 Å². The number of benzene rings is 1. The maximum Gasteiger partial charge on any atom is 0.119 e. The van der Waals surface area contributed by atoms with Crippen molar-refractivity contribution in [2.75, 3.05) is 26.4 Å². The molecular weight excluding hydrogens is 270 g/mol. The molecule has 1 aromatic heterocycles. The molecule has 0 saturated heterocycles. The fourth-order valence-corrected chi connectivity index (χ4v) is 2.64. The molecule has 0 aliphatic rings. The second-order valence-corrected chi connectivity index (χ2v) is 5.48. The largest absolute Gasteiger partial charge is 0.491 e. The van der Waals surface area contributed by atoms with Gasteiger partial charge in [0.2, 0.25) is 0 Å². The lowest BCUT2D eigenvalue weighted by atomic mass is 10.3. The Kier molecular flexibility index (Phi) is 6.57. The minimum absolute atomic E-state index is 0.591. The zero-order valence-electron chi connectivity index (χ0n) is 11.8. The highest BCUT2D eigenvalue weighted by Crippen LogP contribution is 2.14. The number of hydrogen-bond donors (Lipinski definition) is 1. The molecule has 3 nitrogen and oxygen atoms in total. The minimum atomic E-state index is 0.591. The Morgan fingerprint density at radius 2 is 1.90 bits per heavy atom. The predicted octanol–water partition coefficient (Wildman–Crippen LogP) is 3.24. The fraction of sp³-hybridized carbons (Fsp3) is 0.375. The third-order valence-electron chi connectivity index (χ3n) is 2.92. The third kappa shape index (κ3) is 5.33. The van der Waals surface area contributed by atoms with E-state index in [-0.39, 0.29) is 0 Å². The lowest BCUT2D eigenvalue weighted by Gasteiger charge is -2.07. The van der Waals surface area contributed by atoms with E-state index in [1.165, 1.54) is 10.4 Å². The van der Waals surface area contributed by atoms with Crippen LogP contribution in [0.25, 0.3) is 0 Å². The average Bonchev–Trinajstić information content (AvgIpc) is 2.88. The molecule has 2 rings (SSSR count). The highest BCUT2D eigenvalue weighted by molar-refractivity contribution is 7.10. The Morgan fingerprint density at radius 3 is 2.65 bits per heavy atom. The van der Waals surface area contributed by atoms with Crippen molar-refractivity contribution < 1.29 is 9.47 Å². The van der Waals surface area contributed by atoms with E-state index < -0.39 is 0 Å². The van der Waals surface area contributed by atoms with Gasteiger partial charge in [-0.25, -0.2) is 0 Å². The number of para-hydroxylation sites is 1. The van der Waals surface area contributed by atoms with Crippen LogP contribution < -0.4 is 10.1 Å². The molecule has 0 unspecified atom stereocenters. The number of thiophene rings is 1. The first kappa shape index (κ1) is 15.0. The Labute approximate surface area is 124 Å². The summed E-state index contributed by atoms with van der Waals surface area (Å²) >= 11 is 1.80. The molecule has 0 atom stereocenters. The van der Waals surface area contributed by atoms with Crippen LogP contribution >= 0.6 is 11.3 Å². The number of rotatable bonds is 9. The summed E-state index contributed by atoms with van der Waals surface area (Å²) in [7, 11) is 0. The molecule has 0 aliphatic carbocycles. The summed E-state index contributed by atoms with van der Waals surface area (Å²) in [5, 5.41) is 5.51. The maximum atomic E-state index is 5.54. The van der Waals surface area contributed by atoms with Gasteiger partial charge in [0.25, 0.3) is 0 Å². The van der Waals surface area contributed by atoms with Gasteiger partial charge < -0.3 is 14.8 Å². The molecule has 1 heterocycles. The molecule has 108 valence electrons. The zero-order valence-corrected chi connectivity index (χ0v) is 12.6. The molecule has 1 N–H and O–H groups in total. The Morgan fingerprint density at radius 1 is 1.05 bits per heavy atom. The summed E-state index contributed by atoms with van der Waals surface area (Å²) in [5.74, 6) is 0.891. The van der Waals surface area contributed by atoms with Crippen LogP contribution in [0.2, 0.25) is 0 Å². The quantitative estimate of drug-likeness (QED) is 0.719. The van der Waals surface area contributed by atoms with Crippen LogP contribution in [0.15, 0.2) is 41.8 Å². The Balaban J connectivity index is 1.45. The van der Waals surface area contributed by atoms with E-state index >= 15 is 0 Å². The summed E-state index contributed by atoms with van der Waals surface area (Å²) < 4.78 is 11.1. The number of hydrogen-bond acceptors (Lipinski definition) is 4. The Hall–Kier alpha value is -1.36. The van der Waals surface area contributed by atoms with Crippen LogP contribution in [0.1, 0.15) is 10.4 Å². The maximum absolute atomic E-state index is 5.54. The van der Waals surface area contributed by atoms with Gasteiger partial charge in [-0.1, -0.05) is 18.2 Å². The summed E-state index contributed by atoms with van der Waals surface area (Å²) in [6.07, 6.45) is 0. The van der Waals surface area contributed by atoms with E-state index in [4.69, 9.17) is 9.47 Å². The van der Waals surface area contributed by atoms with Crippen molar-refractivity contribution in [2.24, 2.45) is 0 Å². The van der Waals surface area contributed by atoms with Crippen molar-refractivity contribution in [3.05, 3.63) is 52.2 Å². The van der Waals surface area contributed by atoms with E-state index in [2.05, 4.69) is 23.7 Å². The van der Waals surface area contributed by atoms with E-state index in [1.807, 2.05) is 30.3 Å². The topological polar surface area (TPSA) is 30.5 Å². The number of nitrogens with one attached hydrogen (secondary N) is 1. The third-order valence-corrected chi connectivity index (χ3v) is 3.94. The van der Waals surface area contributed by atoms with Crippen molar-refractivity contribution in [1.82, 2.24) is 5.32 Å². The summed E-state index contributed by atoms with van der Waals surface area (Å²) in [5.41, 5.74) is 1.36. The lowest BCUT2D eigenvalue weighted by molar-refractivity contribution is 0.102. The SMILES string of the molecule is Cc1ccsc1CNCCOCCOc1ccccc1. The highest BCUT2D eigenvalue weighted by atomic mass is 32.1. The fourth-order valence-electron chi connectivity index (χ4n) is 1.77. The molecule has 0 amide bonds. The van der Waals surface area contributed by atoms with E-state index in [0.29, 0.717) is 19.8 Å². The van der Waals surface area contributed by atoms with Gasteiger partial charge in [0.1, 0.15) is 12.4 Å².